The molecule has 4 heteroatoms. The second-order valence-corrected chi connectivity index (χ2v) is 3.73. The van der Waals surface area contributed by atoms with Gasteiger partial charge in [-0.15, -0.1) is 0 Å². The fraction of sp³-hybridized carbons (Fsp3) is 0.100. The van der Waals surface area contributed by atoms with Crippen molar-refractivity contribution in [2.24, 2.45) is 0 Å². The monoisotopic (exact) mass is 254 g/mol. The Morgan fingerprint density at radius 2 is 2.07 bits per heavy atom. The van der Waals surface area contributed by atoms with E-state index in [1.54, 1.807) is 18.2 Å². The van der Waals surface area contributed by atoms with Crippen molar-refractivity contribution in [3.05, 3.63) is 40.5 Å². The molecule has 0 radical (unpaired) electrons. The minimum atomic E-state index is -0.255. The number of aromatic amines is 1. The van der Waals surface area contributed by atoms with Crippen LogP contribution in [0.25, 0.3) is 11.3 Å². The third kappa shape index (κ3) is 1.57. The van der Waals surface area contributed by atoms with Crippen molar-refractivity contribution in [3.63, 3.8) is 0 Å². The zero-order valence-electron chi connectivity index (χ0n) is 7.51. The van der Waals surface area contributed by atoms with Gasteiger partial charge in [0.1, 0.15) is 5.82 Å². The lowest BCUT2D eigenvalue weighted by Gasteiger charge is -1.99. The predicted octanol–water partition coefficient (Wildman–Crippen LogP) is 3.29. The van der Waals surface area contributed by atoms with Crippen LogP contribution in [0.4, 0.5) is 4.39 Å². The average Bonchev–Trinajstić information content (AvgIpc) is 2.46. The smallest absolute Gasteiger partial charge is 0.175 e. The highest BCUT2D eigenvalue weighted by molar-refractivity contribution is 9.10. The molecule has 1 aromatic heterocycles. The maximum Gasteiger partial charge on any atom is 0.175 e. The number of halogens is 2. The minimum Gasteiger partial charge on any atom is -0.336 e. The molecule has 0 bridgehead atoms. The van der Waals surface area contributed by atoms with Crippen LogP contribution in [0.2, 0.25) is 0 Å². The number of aromatic nitrogens is 2. The van der Waals surface area contributed by atoms with Gasteiger partial charge in [0, 0.05) is 11.3 Å². The lowest BCUT2D eigenvalue weighted by Crippen LogP contribution is -1.85. The number of imidazole rings is 1. The summed E-state index contributed by atoms with van der Waals surface area (Å²) in [5.41, 5.74) is 2.02. The number of H-pyrrole nitrogens is 1. The molecular formula is C10H8BrFN2. The Labute approximate surface area is 89.3 Å². The molecule has 0 fully saturated rings. The van der Waals surface area contributed by atoms with E-state index in [2.05, 4.69) is 25.9 Å². The van der Waals surface area contributed by atoms with Gasteiger partial charge in [-0.05, 0) is 35.0 Å². The maximum absolute atomic E-state index is 13.4. The molecule has 0 aliphatic carbocycles. The molecule has 0 saturated carbocycles. The van der Waals surface area contributed by atoms with Crippen LogP contribution in [-0.4, -0.2) is 9.97 Å². The van der Waals surface area contributed by atoms with E-state index in [1.165, 1.54) is 6.07 Å². The molecule has 0 atom stereocenters. The molecule has 1 aromatic carbocycles. The zero-order valence-corrected chi connectivity index (χ0v) is 9.10. The van der Waals surface area contributed by atoms with Crippen LogP contribution < -0.4 is 0 Å². The van der Waals surface area contributed by atoms with Crippen LogP contribution in [0.3, 0.4) is 0 Å². The standard InChI is InChI=1S/C10H8BrFN2/c1-6-9(14-10(11)13-6)7-4-2-3-5-8(7)12/h2-5H,1H3,(H,13,14). The first kappa shape index (κ1) is 9.40. The van der Waals surface area contributed by atoms with Crippen molar-refractivity contribution in [1.29, 1.82) is 0 Å². The molecule has 0 unspecified atom stereocenters. The molecular weight excluding hydrogens is 247 g/mol. The highest BCUT2D eigenvalue weighted by Gasteiger charge is 2.10. The highest BCUT2D eigenvalue weighted by Crippen LogP contribution is 2.25. The molecule has 0 saturated heterocycles. The molecule has 0 aliphatic heterocycles. The van der Waals surface area contributed by atoms with Gasteiger partial charge in [-0.2, -0.15) is 0 Å². The summed E-state index contributed by atoms with van der Waals surface area (Å²) >= 11 is 3.22. The van der Waals surface area contributed by atoms with E-state index in [0.717, 1.165) is 5.69 Å². The van der Waals surface area contributed by atoms with E-state index in [4.69, 9.17) is 0 Å². The summed E-state index contributed by atoms with van der Waals surface area (Å²) in [6.07, 6.45) is 0. The summed E-state index contributed by atoms with van der Waals surface area (Å²) in [5, 5.41) is 0. The van der Waals surface area contributed by atoms with Crippen LogP contribution in [-0.2, 0) is 0 Å². The SMILES string of the molecule is Cc1[nH]c(Br)nc1-c1ccccc1F. The number of benzene rings is 1. The molecule has 1 N–H and O–H groups in total. The lowest BCUT2D eigenvalue weighted by molar-refractivity contribution is 0.630. The van der Waals surface area contributed by atoms with Crippen LogP contribution in [0.5, 0.6) is 0 Å². The number of rotatable bonds is 1. The second kappa shape index (κ2) is 3.53. The van der Waals surface area contributed by atoms with Gasteiger partial charge in [-0.3, -0.25) is 0 Å². The first-order valence-corrected chi connectivity index (χ1v) is 4.95. The van der Waals surface area contributed by atoms with Crippen molar-refractivity contribution in [3.8, 4) is 11.3 Å². The fourth-order valence-corrected chi connectivity index (χ4v) is 1.81. The second-order valence-electron chi connectivity index (χ2n) is 2.98. The van der Waals surface area contributed by atoms with Gasteiger partial charge in [-0.25, -0.2) is 9.37 Å². The van der Waals surface area contributed by atoms with E-state index in [0.29, 0.717) is 16.0 Å². The summed E-state index contributed by atoms with van der Waals surface area (Å²) in [5.74, 6) is -0.255. The summed E-state index contributed by atoms with van der Waals surface area (Å²) in [4.78, 5) is 7.13. The Hall–Kier alpha value is -1.16. The Balaban J connectivity index is 2.60. The molecule has 0 spiro atoms. The van der Waals surface area contributed by atoms with Gasteiger partial charge >= 0.3 is 0 Å². The largest absolute Gasteiger partial charge is 0.336 e. The number of hydrogen-bond acceptors (Lipinski definition) is 1. The molecule has 1 heterocycles. The van der Waals surface area contributed by atoms with Crippen LogP contribution >= 0.6 is 15.9 Å². The van der Waals surface area contributed by atoms with Crippen molar-refractivity contribution >= 4 is 15.9 Å². The van der Waals surface area contributed by atoms with Gasteiger partial charge in [0.25, 0.3) is 0 Å². The molecule has 72 valence electrons. The van der Waals surface area contributed by atoms with Gasteiger partial charge in [0.05, 0.1) is 5.69 Å². The highest BCUT2D eigenvalue weighted by atomic mass is 79.9. The van der Waals surface area contributed by atoms with Crippen molar-refractivity contribution in [2.75, 3.05) is 0 Å². The number of nitrogens with one attached hydrogen (secondary N) is 1. The van der Waals surface area contributed by atoms with Gasteiger partial charge < -0.3 is 4.98 Å². The van der Waals surface area contributed by atoms with Crippen molar-refractivity contribution < 1.29 is 4.39 Å². The van der Waals surface area contributed by atoms with Gasteiger partial charge in [-0.1, -0.05) is 12.1 Å². The third-order valence-corrected chi connectivity index (χ3v) is 2.36. The molecule has 14 heavy (non-hydrogen) atoms. The average molecular weight is 255 g/mol. The van der Waals surface area contributed by atoms with Crippen LogP contribution in [0.15, 0.2) is 29.0 Å². The summed E-state index contributed by atoms with van der Waals surface area (Å²) in [6.45, 7) is 1.86. The Bertz CT molecular complexity index is 465. The topological polar surface area (TPSA) is 28.7 Å². The lowest BCUT2D eigenvalue weighted by atomic mass is 10.1. The number of nitrogens with zero attached hydrogens (tertiary/aromatic N) is 1. The maximum atomic E-state index is 13.4. The van der Waals surface area contributed by atoms with Crippen LogP contribution in [0, 0.1) is 12.7 Å². The quantitative estimate of drug-likeness (QED) is 0.832. The number of hydrogen-bond donors (Lipinski definition) is 1. The molecule has 0 amide bonds. The first-order chi connectivity index (χ1) is 6.68. The molecule has 2 nitrogen and oxygen atoms in total. The summed E-state index contributed by atoms with van der Waals surface area (Å²) < 4.78 is 14.0. The van der Waals surface area contributed by atoms with Gasteiger partial charge in [0.15, 0.2) is 4.73 Å². The third-order valence-electron chi connectivity index (χ3n) is 1.98. The number of aryl methyl sites for hydroxylation is 1. The Morgan fingerprint density at radius 1 is 1.36 bits per heavy atom. The van der Waals surface area contributed by atoms with E-state index in [-0.39, 0.29) is 5.82 Å². The van der Waals surface area contributed by atoms with E-state index >= 15 is 0 Å². The van der Waals surface area contributed by atoms with E-state index < -0.39 is 0 Å². The Morgan fingerprint density at radius 3 is 2.64 bits per heavy atom. The van der Waals surface area contributed by atoms with Gasteiger partial charge in [0.2, 0.25) is 0 Å². The predicted molar refractivity (Wildman–Crippen MR) is 56.4 cm³/mol. The zero-order chi connectivity index (χ0) is 10.1. The van der Waals surface area contributed by atoms with E-state index in [1.807, 2.05) is 6.92 Å². The van der Waals surface area contributed by atoms with Crippen molar-refractivity contribution in [2.45, 2.75) is 6.92 Å². The normalized spacial score (nSPS) is 10.5. The fourth-order valence-electron chi connectivity index (χ4n) is 1.34. The van der Waals surface area contributed by atoms with Crippen molar-refractivity contribution in [1.82, 2.24) is 9.97 Å². The van der Waals surface area contributed by atoms with Crippen LogP contribution in [0.1, 0.15) is 5.69 Å². The molecule has 2 aromatic rings. The Kier molecular flexibility index (Phi) is 2.37. The molecule has 2 rings (SSSR count). The molecule has 0 aliphatic rings. The minimum absolute atomic E-state index is 0.255. The van der Waals surface area contributed by atoms with E-state index in [9.17, 15) is 4.39 Å². The first-order valence-electron chi connectivity index (χ1n) is 4.15. The summed E-state index contributed by atoms with van der Waals surface area (Å²) in [7, 11) is 0. The summed E-state index contributed by atoms with van der Waals surface area (Å²) in [6, 6.07) is 6.60.